The van der Waals surface area contributed by atoms with E-state index in [9.17, 15) is 4.79 Å². The molecule has 0 bridgehead atoms. The number of piperidine rings is 1. The van der Waals surface area contributed by atoms with Crippen LogP contribution in [0.25, 0.3) is 21.8 Å². The predicted octanol–water partition coefficient (Wildman–Crippen LogP) is 5.62. The minimum Gasteiger partial charge on any atom is -0.497 e. The first-order valence-electron chi connectivity index (χ1n) is 15.8. The number of carbonyl (C=O) groups excluding carboxylic acids is 1. The van der Waals surface area contributed by atoms with Crippen LogP contribution in [-0.4, -0.2) is 50.3 Å². The third kappa shape index (κ3) is 6.21. The summed E-state index contributed by atoms with van der Waals surface area (Å²) in [5, 5.41) is 18.7. The zero-order chi connectivity index (χ0) is 30.6. The van der Waals surface area contributed by atoms with E-state index in [2.05, 4.69) is 73.8 Å². The van der Waals surface area contributed by atoms with Crippen molar-refractivity contribution in [3.63, 3.8) is 0 Å². The molecule has 6 aromatic rings. The lowest BCUT2D eigenvalue weighted by Crippen LogP contribution is -2.48. The van der Waals surface area contributed by atoms with Gasteiger partial charge in [-0.2, -0.15) is 0 Å². The normalized spacial score (nSPS) is 15.8. The van der Waals surface area contributed by atoms with Gasteiger partial charge in [0, 0.05) is 47.0 Å². The van der Waals surface area contributed by atoms with Gasteiger partial charge >= 0.3 is 0 Å². The topological polar surface area (TPSA) is 113 Å². The number of carbonyl (C=O) groups is 1. The number of aromatic nitrogens is 5. The van der Waals surface area contributed by atoms with E-state index in [-0.39, 0.29) is 18.0 Å². The van der Waals surface area contributed by atoms with Gasteiger partial charge in [0.25, 0.3) is 0 Å². The van der Waals surface area contributed by atoms with Crippen LogP contribution in [0.1, 0.15) is 53.6 Å². The van der Waals surface area contributed by atoms with E-state index in [1.165, 1.54) is 10.9 Å². The van der Waals surface area contributed by atoms with Crippen LogP contribution in [0.2, 0.25) is 0 Å². The molecule has 1 saturated heterocycles. The Hall–Kier alpha value is -4.89. The molecular weight excluding hydrogens is 562 g/mol. The highest BCUT2D eigenvalue weighted by Gasteiger charge is 2.28. The Bertz CT molecular complexity index is 1900. The fraction of sp³-hybridized carbons (Fsp3) is 0.306. The monoisotopic (exact) mass is 601 g/mol. The predicted molar refractivity (Wildman–Crippen MR) is 176 cm³/mol. The van der Waals surface area contributed by atoms with Crippen molar-refractivity contribution in [2.75, 3.05) is 13.7 Å². The highest BCUT2D eigenvalue weighted by molar-refractivity contribution is 5.84. The summed E-state index contributed by atoms with van der Waals surface area (Å²) in [5.41, 5.74) is 5.69. The second-order valence-electron chi connectivity index (χ2n) is 11.9. The van der Waals surface area contributed by atoms with Crippen LogP contribution in [0.5, 0.6) is 5.75 Å². The lowest BCUT2D eigenvalue weighted by atomic mass is 10.0. The lowest BCUT2D eigenvalue weighted by molar-refractivity contribution is -0.124. The SMILES string of the molecule is COc1ccc(Cn2c(CCc3c[nH]c4ccccc34)nnc2[C@@H](Cc2c[nH]c3ccccc23)NC(=O)[C@@H]2CCCCN2)cc1. The van der Waals surface area contributed by atoms with E-state index in [0.29, 0.717) is 19.4 Å². The van der Waals surface area contributed by atoms with Gasteiger partial charge in [-0.05, 0) is 66.8 Å². The number of amides is 1. The Balaban J connectivity index is 1.25. The van der Waals surface area contributed by atoms with Crippen LogP contribution >= 0.6 is 0 Å². The molecule has 0 saturated carbocycles. The first-order valence-corrected chi connectivity index (χ1v) is 15.8. The number of hydrogen-bond donors (Lipinski definition) is 4. The molecule has 9 nitrogen and oxygen atoms in total. The molecule has 230 valence electrons. The molecule has 1 fully saturated rings. The number of benzene rings is 3. The largest absolute Gasteiger partial charge is 0.497 e. The average molecular weight is 602 g/mol. The lowest BCUT2D eigenvalue weighted by Gasteiger charge is -2.26. The Morgan fingerprint density at radius 2 is 1.62 bits per heavy atom. The molecule has 3 aromatic carbocycles. The maximum Gasteiger partial charge on any atom is 0.237 e. The maximum absolute atomic E-state index is 13.7. The molecule has 4 heterocycles. The van der Waals surface area contributed by atoms with Crippen molar-refractivity contribution in [3.05, 3.63) is 114 Å². The molecule has 45 heavy (non-hydrogen) atoms. The summed E-state index contributed by atoms with van der Waals surface area (Å²) >= 11 is 0. The van der Waals surface area contributed by atoms with E-state index in [1.54, 1.807) is 7.11 Å². The van der Waals surface area contributed by atoms with Gasteiger partial charge < -0.3 is 29.9 Å². The van der Waals surface area contributed by atoms with Crippen LogP contribution in [-0.2, 0) is 30.6 Å². The van der Waals surface area contributed by atoms with Crippen LogP contribution in [0.15, 0.2) is 85.2 Å². The van der Waals surface area contributed by atoms with Crippen molar-refractivity contribution in [3.8, 4) is 5.75 Å². The zero-order valence-electron chi connectivity index (χ0n) is 25.6. The molecule has 0 spiro atoms. The molecule has 0 radical (unpaired) electrons. The highest BCUT2D eigenvalue weighted by Crippen LogP contribution is 2.27. The summed E-state index contributed by atoms with van der Waals surface area (Å²) in [6, 6.07) is 24.2. The van der Waals surface area contributed by atoms with Crippen molar-refractivity contribution in [1.29, 1.82) is 0 Å². The van der Waals surface area contributed by atoms with Crippen LogP contribution in [0.4, 0.5) is 0 Å². The van der Waals surface area contributed by atoms with Crippen LogP contribution in [0, 0.1) is 0 Å². The van der Waals surface area contributed by atoms with Gasteiger partial charge in [0.2, 0.25) is 5.91 Å². The number of ether oxygens (including phenoxy) is 1. The van der Waals surface area contributed by atoms with Crippen LogP contribution in [0.3, 0.4) is 0 Å². The van der Waals surface area contributed by atoms with Crippen molar-refractivity contribution in [2.24, 2.45) is 0 Å². The molecule has 0 aliphatic carbocycles. The Morgan fingerprint density at radius 3 is 2.33 bits per heavy atom. The van der Waals surface area contributed by atoms with E-state index in [0.717, 1.165) is 77.2 Å². The summed E-state index contributed by atoms with van der Waals surface area (Å²) in [5.74, 6) is 2.47. The number of hydrogen-bond acceptors (Lipinski definition) is 5. The molecule has 9 heteroatoms. The van der Waals surface area contributed by atoms with Gasteiger partial charge in [-0.1, -0.05) is 55.0 Å². The Kier molecular flexibility index (Phi) is 8.33. The second kappa shape index (κ2) is 13.0. The molecule has 1 aliphatic heterocycles. The Labute approximate surface area is 262 Å². The van der Waals surface area contributed by atoms with E-state index < -0.39 is 0 Å². The molecule has 2 atom stereocenters. The number of aryl methyl sites for hydroxylation is 2. The molecular formula is C36H39N7O2. The number of fused-ring (bicyclic) bond motifs is 2. The van der Waals surface area contributed by atoms with Gasteiger partial charge in [0.05, 0.1) is 25.7 Å². The zero-order valence-corrected chi connectivity index (χ0v) is 25.6. The summed E-state index contributed by atoms with van der Waals surface area (Å²) in [6.45, 7) is 1.44. The summed E-state index contributed by atoms with van der Waals surface area (Å²) in [6.07, 6.45) is 9.23. The fourth-order valence-corrected chi connectivity index (χ4v) is 6.54. The summed E-state index contributed by atoms with van der Waals surface area (Å²) in [4.78, 5) is 20.5. The van der Waals surface area contributed by atoms with E-state index >= 15 is 0 Å². The number of aromatic amines is 2. The van der Waals surface area contributed by atoms with Gasteiger partial charge in [-0.3, -0.25) is 4.79 Å². The maximum atomic E-state index is 13.7. The third-order valence-electron chi connectivity index (χ3n) is 9.00. The number of nitrogens with zero attached hydrogens (tertiary/aromatic N) is 3. The number of rotatable bonds is 11. The average Bonchev–Trinajstić information content (AvgIpc) is 3.81. The van der Waals surface area contributed by atoms with Gasteiger partial charge in [-0.25, -0.2) is 0 Å². The second-order valence-corrected chi connectivity index (χ2v) is 11.9. The first kappa shape index (κ1) is 28.9. The number of para-hydroxylation sites is 2. The summed E-state index contributed by atoms with van der Waals surface area (Å²) in [7, 11) is 1.68. The summed E-state index contributed by atoms with van der Waals surface area (Å²) < 4.78 is 7.61. The number of H-pyrrole nitrogens is 2. The minimum absolute atomic E-state index is 0.0129. The minimum atomic E-state index is -0.368. The van der Waals surface area contributed by atoms with E-state index in [4.69, 9.17) is 14.9 Å². The Morgan fingerprint density at radius 1 is 0.911 bits per heavy atom. The molecule has 7 rings (SSSR count). The van der Waals surface area contributed by atoms with Gasteiger partial charge in [0.1, 0.15) is 11.6 Å². The van der Waals surface area contributed by atoms with Gasteiger partial charge in [0.15, 0.2) is 5.82 Å². The van der Waals surface area contributed by atoms with E-state index in [1.807, 2.05) is 36.5 Å². The molecule has 4 N–H and O–H groups in total. The smallest absolute Gasteiger partial charge is 0.237 e. The molecule has 0 unspecified atom stereocenters. The molecule has 1 amide bonds. The third-order valence-corrected chi connectivity index (χ3v) is 9.00. The quantitative estimate of drug-likeness (QED) is 0.154. The van der Waals surface area contributed by atoms with Crippen molar-refractivity contribution >= 4 is 27.7 Å². The highest BCUT2D eigenvalue weighted by atomic mass is 16.5. The van der Waals surface area contributed by atoms with Crippen molar-refractivity contribution < 1.29 is 9.53 Å². The van der Waals surface area contributed by atoms with Crippen LogP contribution < -0.4 is 15.4 Å². The number of nitrogens with one attached hydrogen (secondary N) is 4. The first-order chi connectivity index (χ1) is 22.2. The van der Waals surface area contributed by atoms with Crippen molar-refractivity contribution in [2.45, 2.75) is 57.2 Å². The standard InChI is InChI=1S/C36H39N7O2/c1-45-27-16-13-24(14-17-27)23-43-34(18-15-25-21-38-30-10-4-2-8-28(25)30)41-42-35(43)33(40-36(44)32-12-6-7-19-37-32)20-26-22-39-31-11-5-3-9-29(26)31/h2-5,8-11,13-14,16-17,21-22,32-33,37-39H,6-7,12,15,18-20,23H2,1H3,(H,40,44)/t32-,33+/m0/s1. The van der Waals surface area contributed by atoms with Crippen molar-refractivity contribution in [1.82, 2.24) is 35.4 Å². The molecule has 1 aliphatic rings. The number of methoxy groups -OCH3 is 1. The fourth-order valence-electron chi connectivity index (χ4n) is 6.54. The van der Waals surface area contributed by atoms with Gasteiger partial charge in [-0.15, -0.1) is 10.2 Å². The molecule has 3 aromatic heterocycles.